The van der Waals surface area contributed by atoms with Gasteiger partial charge in [0.05, 0.1) is 29.3 Å². The summed E-state index contributed by atoms with van der Waals surface area (Å²) in [6.45, 7) is 1.73. The molecule has 0 spiro atoms. The third-order valence-corrected chi connectivity index (χ3v) is 3.01. The summed E-state index contributed by atoms with van der Waals surface area (Å²) < 4.78 is 30.5. The SMILES string of the molecule is CCOC(=O)c1cc(CCl)nc(I)c1C(F)F. The minimum atomic E-state index is -2.78. The van der Waals surface area contributed by atoms with Crippen LogP contribution >= 0.6 is 34.2 Å². The lowest BCUT2D eigenvalue weighted by molar-refractivity contribution is 0.0514. The molecule has 0 amide bonds. The minimum Gasteiger partial charge on any atom is -0.462 e. The van der Waals surface area contributed by atoms with E-state index < -0.39 is 18.0 Å². The van der Waals surface area contributed by atoms with Crippen LogP contribution < -0.4 is 0 Å². The number of nitrogens with zero attached hydrogens (tertiary/aromatic N) is 1. The molecule has 94 valence electrons. The van der Waals surface area contributed by atoms with Gasteiger partial charge in [-0.05, 0) is 35.6 Å². The van der Waals surface area contributed by atoms with Crippen molar-refractivity contribution >= 4 is 40.2 Å². The molecule has 0 radical (unpaired) electrons. The summed E-state index contributed by atoms with van der Waals surface area (Å²) >= 11 is 7.23. The Morgan fingerprint density at radius 1 is 1.65 bits per heavy atom. The molecule has 0 saturated carbocycles. The van der Waals surface area contributed by atoms with Gasteiger partial charge in [0.1, 0.15) is 3.70 Å². The van der Waals surface area contributed by atoms with Crippen LogP contribution in [-0.4, -0.2) is 17.6 Å². The summed E-state index contributed by atoms with van der Waals surface area (Å²) in [7, 11) is 0. The molecule has 3 nitrogen and oxygen atoms in total. The van der Waals surface area contributed by atoms with Crippen LogP contribution in [0, 0.1) is 3.70 Å². The zero-order valence-electron chi connectivity index (χ0n) is 8.84. The zero-order chi connectivity index (χ0) is 13.0. The highest BCUT2D eigenvalue weighted by atomic mass is 127. The number of carbonyl (C=O) groups is 1. The quantitative estimate of drug-likeness (QED) is 0.350. The molecule has 7 heteroatoms. The van der Waals surface area contributed by atoms with Gasteiger partial charge in [0.15, 0.2) is 0 Å². The van der Waals surface area contributed by atoms with E-state index in [9.17, 15) is 13.6 Å². The van der Waals surface area contributed by atoms with Crippen molar-refractivity contribution in [3.63, 3.8) is 0 Å². The van der Waals surface area contributed by atoms with E-state index in [0.29, 0.717) is 5.69 Å². The predicted octanol–water partition coefficient (Wildman–Crippen LogP) is 3.54. The Morgan fingerprint density at radius 3 is 2.76 bits per heavy atom. The van der Waals surface area contributed by atoms with E-state index in [-0.39, 0.29) is 21.8 Å². The van der Waals surface area contributed by atoms with Crippen LogP contribution in [-0.2, 0) is 10.6 Å². The topological polar surface area (TPSA) is 39.2 Å². The average molecular weight is 376 g/mol. The van der Waals surface area contributed by atoms with Gasteiger partial charge >= 0.3 is 5.97 Å². The highest BCUT2D eigenvalue weighted by Gasteiger charge is 2.24. The molecule has 0 unspecified atom stereocenters. The highest BCUT2D eigenvalue weighted by Crippen LogP contribution is 2.28. The Morgan fingerprint density at radius 2 is 2.29 bits per heavy atom. The molecule has 0 bridgehead atoms. The van der Waals surface area contributed by atoms with Crippen LogP contribution in [0.15, 0.2) is 6.07 Å². The Kier molecular flexibility index (Phi) is 5.51. The molecule has 0 N–H and O–H groups in total. The molecule has 0 aliphatic rings. The van der Waals surface area contributed by atoms with E-state index in [1.165, 1.54) is 6.07 Å². The number of halogens is 4. The van der Waals surface area contributed by atoms with Crippen LogP contribution in [0.5, 0.6) is 0 Å². The van der Waals surface area contributed by atoms with E-state index >= 15 is 0 Å². The molecular formula is C10H9ClF2INO2. The summed E-state index contributed by atoms with van der Waals surface area (Å²) in [4.78, 5) is 15.4. The molecule has 1 aromatic heterocycles. The Bertz CT molecular complexity index is 429. The van der Waals surface area contributed by atoms with Crippen molar-refractivity contribution in [2.24, 2.45) is 0 Å². The number of esters is 1. The van der Waals surface area contributed by atoms with E-state index in [1.54, 1.807) is 29.5 Å². The zero-order valence-corrected chi connectivity index (χ0v) is 11.8. The molecule has 0 fully saturated rings. The first-order chi connectivity index (χ1) is 8.01. The molecule has 0 aliphatic heterocycles. The van der Waals surface area contributed by atoms with E-state index in [4.69, 9.17) is 16.3 Å². The number of carbonyl (C=O) groups excluding carboxylic acids is 1. The van der Waals surface area contributed by atoms with Gasteiger partial charge in [0.2, 0.25) is 0 Å². The monoisotopic (exact) mass is 375 g/mol. The van der Waals surface area contributed by atoms with Crippen LogP contribution in [0.25, 0.3) is 0 Å². The van der Waals surface area contributed by atoms with Crippen molar-refractivity contribution in [2.45, 2.75) is 19.2 Å². The Balaban J connectivity index is 3.32. The Labute approximate surface area is 116 Å². The first-order valence-electron chi connectivity index (χ1n) is 4.71. The highest BCUT2D eigenvalue weighted by molar-refractivity contribution is 14.1. The second-order valence-corrected chi connectivity index (χ2v) is 4.31. The number of ether oxygens (including phenoxy) is 1. The molecular weight excluding hydrogens is 366 g/mol. The van der Waals surface area contributed by atoms with Crippen molar-refractivity contribution in [1.29, 1.82) is 0 Å². The maximum atomic E-state index is 12.8. The maximum absolute atomic E-state index is 12.8. The second kappa shape index (κ2) is 6.44. The summed E-state index contributed by atoms with van der Waals surface area (Å²) in [5, 5.41) is 0. The lowest BCUT2D eigenvalue weighted by Crippen LogP contribution is -2.12. The van der Waals surface area contributed by atoms with Crippen LogP contribution in [0.2, 0.25) is 0 Å². The van der Waals surface area contributed by atoms with Gasteiger partial charge in [-0.1, -0.05) is 0 Å². The molecule has 0 aromatic carbocycles. The van der Waals surface area contributed by atoms with Gasteiger partial charge in [0.25, 0.3) is 6.43 Å². The van der Waals surface area contributed by atoms with Crippen molar-refractivity contribution in [2.75, 3.05) is 6.61 Å². The number of rotatable bonds is 4. The van der Waals surface area contributed by atoms with Gasteiger partial charge < -0.3 is 4.74 Å². The molecule has 1 aromatic rings. The minimum absolute atomic E-state index is 0.0475. The lowest BCUT2D eigenvalue weighted by Gasteiger charge is -2.11. The van der Waals surface area contributed by atoms with Gasteiger partial charge in [0, 0.05) is 0 Å². The number of alkyl halides is 3. The predicted molar refractivity (Wildman–Crippen MR) is 67.4 cm³/mol. The molecule has 1 heterocycles. The van der Waals surface area contributed by atoms with Crippen LogP contribution in [0.1, 0.15) is 35.0 Å². The summed E-state index contributed by atoms with van der Waals surface area (Å²) in [5.74, 6) is -0.735. The summed E-state index contributed by atoms with van der Waals surface area (Å²) in [6, 6.07) is 1.24. The van der Waals surface area contributed by atoms with Gasteiger partial charge in [-0.15, -0.1) is 11.6 Å². The molecule has 17 heavy (non-hydrogen) atoms. The van der Waals surface area contributed by atoms with Crippen LogP contribution in [0.4, 0.5) is 8.78 Å². The molecule has 0 saturated heterocycles. The fourth-order valence-corrected chi connectivity index (χ4v) is 2.20. The third kappa shape index (κ3) is 3.48. The molecule has 0 aliphatic carbocycles. The first-order valence-corrected chi connectivity index (χ1v) is 6.33. The van der Waals surface area contributed by atoms with Gasteiger partial charge in [-0.25, -0.2) is 18.6 Å². The first kappa shape index (κ1) is 14.6. The van der Waals surface area contributed by atoms with E-state index in [2.05, 4.69) is 4.98 Å². The molecule has 0 atom stereocenters. The Hall–Kier alpha value is -0.500. The van der Waals surface area contributed by atoms with Crippen LogP contribution in [0.3, 0.4) is 0 Å². The number of hydrogen-bond acceptors (Lipinski definition) is 3. The van der Waals surface area contributed by atoms with Crippen molar-refractivity contribution in [1.82, 2.24) is 4.98 Å². The maximum Gasteiger partial charge on any atom is 0.338 e. The fourth-order valence-electron chi connectivity index (χ4n) is 1.23. The summed E-state index contributed by atoms with van der Waals surface area (Å²) in [5.41, 5.74) is -0.210. The fraction of sp³-hybridized carbons (Fsp3) is 0.400. The van der Waals surface area contributed by atoms with Crippen molar-refractivity contribution < 1.29 is 18.3 Å². The summed E-state index contributed by atoms with van der Waals surface area (Å²) in [6.07, 6.45) is -2.78. The standard InChI is InChI=1S/C10H9ClF2INO2/c1-2-17-10(16)6-3-5(4-11)15-9(14)7(6)8(12)13/h3,8H,2,4H2,1H3. The number of hydrogen-bond donors (Lipinski definition) is 0. The van der Waals surface area contributed by atoms with Gasteiger partial charge in [-0.3, -0.25) is 0 Å². The van der Waals surface area contributed by atoms with Gasteiger partial charge in [-0.2, -0.15) is 0 Å². The second-order valence-electron chi connectivity index (χ2n) is 3.02. The van der Waals surface area contributed by atoms with E-state index in [1.807, 2.05) is 0 Å². The third-order valence-electron chi connectivity index (χ3n) is 1.92. The smallest absolute Gasteiger partial charge is 0.338 e. The normalized spacial score (nSPS) is 10.7. The largest absolute Gasteiger partial charge is 0.462 e. The number of aromatic nitrogens is 1. The number of pyridine rings is 1. The average Bonchev–Trinajstić information content (AvgIpc) is 2.27. The van der Waals surface area contributed by atoms with E-state index in [0.717, 1.165) is 0 Å². The lowest BCUT2D eigenvalue weighted by atomic mass is 10.1. The molecule has 1 rings (SSSR count). The van der Waals surface area contributed by atoms with Crippen molar-refractivity contribution in [3.05, 3.63) is 26.6 Å². The van der Waals surface area contributed by atoms with Crippen molar-refractivity contribution in [3.8, 4) is 0 Å².